The number of benzene rings is 1. The molecule has 1 heterocycles. The van der Waals surface area contributed by atoms with Crippen LogP contribution >= 0.6 is 0 Å². The Morgan fingerprint density at radius 2 is 2.33 bits per heavy atom. The molecule has 2 rings (SSSR count). The van der Waals surface area contributed by atoms with Crippen LogP contribution in [0.4, 0.5) is 5.69 Å². The van der Waals surface area contributed by atoms with Gasteiger partial charge in [0.05, 0.1) is 17.7 Å². The number of hydrogen-bond donors (Lipinski definition) is 1. The van der Waals surface area contributed by atoms with E-state index in [2.05, 4.69) is 41.3 Å². The highest BCUT2D eigenvalue weighted by Gasteiger charge is 2.22. The first-order valence-electron chi connectivity index (χ1n) is 6.33. The maximum absolute atomic E-state index is 8.98. The Labute approximate surface area is 109 Å². The van der Waals surface area contributed by atoms with Crippen molar-refractivity contribution in [1.82, 2.24) is 10.2 Å². The van der Waals surface area contributed by atoms with Crippen LogP contribution in [0.5, 0.6) is 0 Å². The first-order valence-corrected chi connectivity index (χ1v) is 6.33. The molecular weight excluding hydrogens is 224 g/mol. The molecule has 4 nitrogen and oxygen atoms in total. The maximum Gasteiger partial charge on any atom is 0.0992 e. The molecule has 1 saturated heterocycles. The lowest BCUT2D eigenvalue weighted by atomic mass is 10.1. The Morgan fingerprint density at radius 3 is 3.06 bits per heavy atom. The molecule has 1 N–H and O–H groups in total. The number of rotatable bonds is 3. The highest BCUT2D eigenvalue weighted by molar-refractivity contribution is 5.52. The van der Waals surface area contributed by atoms with Crippen LogP contribution < -0.4 is 10.2 Å². The van der Waals surface area contributed by atoms with E-state index in [1.165, 1.54) is 0 Å². The first kappa shape index (κ1) is 12.9. The fraction of sp³-hybridized carbons (Fsp3) is 0.500. The van der Waals surface area contributed by atoms with E-state index in [1.54, 1.807) is 0 Å². The summed E-state index contributed by atoms with van der Waals surface area (Å²) >= 11 is 0. The molecule has 1 aromatic rings. The summed E-state index contributed by atoms with van der Waals surface area (Å²) in [6.45, 7) is 4.01. The van der Waals surface area contributed by atoms with Crippen molar-refractivity contribution in [2.45, 2.75) is 6.04 Å². The van der Waals surface area contributed by atoms with Crippen LogP contribution in [0, 0.1) is 11.3 Å². The predicted molar refractivity (Wildman–Crippen MR) is 73.7 cm³/mol. The minimum absolute atomic E-state index is 0.461. The van der Waals surface area contributed by atoms with Gasteiger partial charge < -0.3 is 15.1 Å². The number of piperazine rings is 1. The summed E-state index contributed by atoms with van der Waals surface area (Å²) < 4.78 is 0. The van der Waals surface area contributed by atoms with Gasteiger partial charge in [0.25, 0.3) is 0 Å². The second kappa shape index (κ2) is 5.85. The van der Waals surface area contributed by atoms with E-state index in [1.807, 2.05) is 18.2 Å². The van der Waals surface area contributed by atoms with E-state index >= 15 is 0 Å². The zero-order chi connectivity index (χ0) is 13.0. The predicted octanol–water partition coefficient (Wildman–Crippen LogP) is 0.898. The van der Waals surface area contributed by atoms with E-state index < -0.39 is 0 Å². The molecule has 0 saturated carbocycles. The summed E-state index contributed by atoms with van der Waals surface area (Å²) in [6, 6.07) is 10.6. The monoisotopic (exact) mass is 244 g/mol. The highest BCUT2D eigenvalue weighted by Crippen LogP contribution is 2.20. The maximum atomic E-state index is 8.98. The van der Waals surface area contributed by atoms with Crippen LogP contribution in [0.25, 0.3) is 0 Å². The van der Waals surface area contributed by atoms with Gasteiger partial charge in [-0.2, -0.15) is 5.26 Å². The Balaban J connectivity index is 2.19. The van der Waals surface area contributed by atoms with Crippen molar-refractivity contribution in [3.63, 3.8) is 0 Å². The van der Waals surface area contributed by atoms with Gasteiger partial charge in [-0.25, -0.2) is 0 Å². The molecule has 0 aromatic heterocycles. The zero-order valence-electron chi connectivity index (χ0n) is 11.1. The normalized spacial score (nSPS) is 19.9. The molecular formula is C14H20N4. The van der Waals surface area contributed by atoms with Crippen molar-refractivity contribution in [1.29, 1.82) is 5.26 Å². The second-order valence-electron chi connectivity index (χ2n) is 4.98. The highest BCUT2D eigenvalue weighted by atomic mass is 15.3. The first-order chi connectivity index (χ1) is 8.70. The molecule has 1 aromatic carbocycles. The van der Waals surface area contributed by atoms with Gasteiger partial charge in [0.1, 0.15) is 0 Å². The molecule has 18 heavy (non-hydrogen) atoms. The van der Waals surface area contributed by atoms with Gasteiger partial charge in [-0.15, -0.1) is 0 Å². The third-order valence-corrected chi connectivity index (χ3v) is 3.23. The van der Waals surface area contributed by atoms with Gasteiger partial charge in [-0.3, -0.25) is 0 Å². The molecule has 1 aliphatic rings. The molecule has 1 aliphatic heterocycles. The second-order valence-corrected chi connectivity index (χ2v) is 4.98. The Kier molecular flexibility index (Phi) is 4.19. The van der Waals surface area contributed by atoms with Gasteiger partial charge in [0, 0.05) is 31.9 Å². The lowest BCUT2D eigenvalue weighted by Crippen LogP contribution is -2.55. The van der Waals surface area contributed by atoms with E-state index in [0.29, 0.717) is 6.04 Å². The van der Waals surface area contributed by atoms with E-state index in [4.69, 9.17) is 5.26 Å². The largest absolute Gasteiger partial charge is 0.365 e. The number of nitrogens with zero attached hydrogens (tertiary/aromatic N) is 3. The molecule has 1 atom stereocenters. The minimum Gasteiger partial charge on any atom is -0.365 e. The number of anilines is 1. The van der Waals surface area contributed by atoms with Crippen molar-refractivity contribution in [2.75, 3.05) is 45.2 Å². The lowest BCUT2D eigenvalue weighted by Gasteiger charge is -2.39. The summed E-state index contributed by atoms with van der Waals surface area (Å²) in [6.07, 6.45) is 0. The molecule has 0 spiro atoms. The van der Waals surface area contributed by atoms with Gasteiger partial charge in [-0.1, -0.05) is 6.07 Å². The van der Waals surface area contributed by atoms with Crippen molar-refractivity contribution < 1.29 is 0 Å². The molecule has 1 fully saturated rings. The Bertz CT molecular complexity index is 436. The summed E-state index contributed by atoms with van der Waals surface area (Å²) in [5, 5.41) is 12.4. The fourth-order valence-corrected chi connectivity index (χ4v) is 2.44. The molecule has 0 amide bonds. The van der Waals surface area contributed by atoms with Gasteiger partial charge in [-0.05, 0) is 32.3 Å². The smallest absolute Gasteiger partial charge is 0.0992 e. The molecule has 0 radical (unpaired) electrons. The van der Waals surface area contributed by atoms with E-state index in [9.17, 15) is 0 Å². The topological polar surface area (TPSA) is 42.3 Å². The van der Waals surface area contributed by atoms with Gasteiger partial charge >= 0.3 is 0 Å². The summed E-state index contributed by atoms with van der Waals surface area (Å²) in [5.41, 5.74) is 1.89. The van der Waals surface area contributed by atoms with Gasteiger partial charge in [0.2, 0.25) is 0 Å². The van der Waals surface area contributed by atoms with Gasteiger partial charge in [0.15, 0.2) is 0 Å². The summed E-state index contributed by atoms with van der Waals surface area (Å²) in [7, 11) is 4.19. The van der Waals surface area contributed by atoms with Crippen molar-refractivity contribution in [3.8, 4) is 6.07 Å². The van der Waals surface area contributed by atoms with Crippen LogP contribution in [-0.4, -0.2) is 51.2 Å². The third kappa shape index (κ3) is 3.00. The molecule has 0 bridgehead atoms. The third-order valence-electron chi connectivity index (χ3n) is 3.23. The number of nitriles is 1. The lowest BCUT2D eigenvalue weighted by molar-refractivity contribution is 0.337. The van der Waals surface area contributed by atoms with Crippen LogP contribution in [-0.2, 0) is 0 Å². The number of nitrogens with one attached hydrogen (secondary N) is 1. The van der Waals surface area contributed by atoms with Crippen molar-refractivity contribution >= 4 is 5.69 Å². The van der Waals surface area contributed by atoms with Crippen LogP contribution in [0.15, 0.2) is 24.3 Å². The van der Waals surface area contributed by atoms with E-state index in [-0.39, 0.29) is 0 Å². The Morgan fingerprint density at radius 1 is 1.50 bits per heavy atom. The summed E-state index contributed by atoms with van der Waals surface area (Å²) in [5.74, 6) is 0. The van der Waals surface area contributed by atoms with Crippen LogP contribution in [0.2, 0.25) is 0 Å². The van der Waals surface area contributed by atoms with Crippen LogP contribution in [0.3, 0.4) is 0 Å². The average Bonchev–Trinajstić information content (AvgIpc) is 2.39. The quantitative estimate of drug-likeness (QED) is 0.858. The molecule has 4 heteroatoms. The summed E-state index contributed by atoms with van der Waals surface area (Å²) in [4.78, 5) is 4.61. The molecule has 96 valence electrons. The van der Waals surface area contributed by atoms with Crippen molar-refractivity contribution in [3.05, 3.63) is 29.8 Å². The number of hydrogen-bond acceptors (Lipinski definition) is 4. The fourth-order valence-electron chi connectivity index (χ4n) is 2.44. The SMILES string of the molecule is CN(C)CC1CNCCN1c1cccc(C#N)c1. The molecule has 1 unspecified atom stereocenters. The van der Waals surface area contributed by atoms with E-state index in [0.717, 1.165) is 37.4 Å². The average molecular weight is 244 g/mol. The minimum atomic E-state index is 0.461. The van der Waals surface area contributed by atoms with Crippen LogP contribution in [0.1, 0.15) is 5.56 Å². The number of likely N-dealkylation sites (N-methyl/N-ethyl adjacent to an activating group) is 1. The Hall–Kier alpha value is -1.57. The zero-order valence-corrected chi connectivity index (χ0v) is 11.1. The molecule has 0 aliphatic carbocycles. The standard InChI is InChI=1S/C14H20N4/c1-17(2)11-14-10-16-6-7-18(14)13-5-3-4-12(8-13)9-15/h3-5,8,14,16H,6-7,10-11H2,1-2H3. The van der Waals surface area contributed by atoms with Crippen molar-refractivity contribution in [2.24, 2.45) is 0 Å².